The van der Waals surface area contributed by atoms with Gasteiger partial charge in [0.2, 0.25) is 0 Å². The van der Waals surface area contributed by atoms with Crippen molar-refractivity contribution in [2.75, 3.05) is 0 Å². The van der Waals surface area contributed by atoms with E-state index in [1.165, 1.54) is 0 Å². The van der Waals surface area contributed by atoms with Crippen LogP contribution in [-0.4, -0.2) is 15.8 Å². The summed E-state index contributed by atoms with van der Waals surface area (Å²) in [6.07, 6.45) is 5.21. The first kappa shape index (κ1) is 13.4. The lowest BCUT2D eigenvalue weighted by Crippen LogP contribution is -2.06. The van der Waals surface area contributed by atoms with Crippen LogP contribution in [-0.2, 0) is 17.6 Å². The molecule has 0 fully saturated rings. The molecule has 0 aliphatic carbocycles. The minimum absolute atomic E-state index is 0.217. The van der Waals surface area contributed by atoms with Gasteiger partial charge in [-0.25, -0.2) is 0 Å². The van der Waals surface area contributed by atoms with Crippen molar-refractivity contribution < 1.29 is 4.79 Å². The fourth-order valence-corrected chi connectivity index (χ4v) is 2.33. The number of nitrogens with zero attached hydrogens (tertiary/aromatic N) is 2. The molecule has 2 heterocycles. The van der Waals surface area contributed by atoms with E-state index in [1.807, 2.05) is 48.5 Å². The van der Waals surface area contributed by atoms with Crippen LogP contribution >= 0.6 is 0 Å². The topological polar surface area (TPSA) is 42.9 Å². The quantitative estimate of drug-likeness (QED) is 0.717. The van der Waals surface area contributed by atoms with Gasteiger partial charge in [-0.05, 0) is 36.2 Å². The van der Waals surface area contributed by atoms with Crippen molar-refractivity contribution in [3.63, 3.8) is 0 Å². The summed E-state index contributed by atoms with van der Waals surface area (Å²) in [5.41, 5.74) is 2.93. The van der Waals surface area contributed by atoms with Gasteiger partial charge in [-0.3, -0.25) is 14.8 Å². The molecule has 3 nitrogen and oxygen atoms in total. The molecule has 0 amide bonds. The van der Waals surface area contributed by atoms with E-state index in [-0.39, 0.29) is 5.78 Å². The van der Waals surface area contributed by atoms with Gasteiger partial charge in [0.1, 0.15) is 5.78 Å². The van der Waals surface area contributed by atoms with Crippen LogP contribution in [0.25, 0.3) is 10.9 Å². The highest BCUT2D eigenvalue weighted by Gasteiger charge is 2.06. The highest BCUT2D eigenvalue weighted by atomic mass is 16.1. The van der Waals surface area contributed by atoms with E-state index >= 15 is 0 Å². The number of aryl methyl sites for hydroxylation is 1. The molecule has 3 aromatic rings. The van der Waals surface area contributed by atoms with E-state index in [0.717, 1.165) is 28.6 Å². The van der Waals surface area contributed by atoms with Crippen molar-refractivity contribution in [2.24, 2.45) is 0 Å². The van der Waals surface area contributed by atoms with Crippen molar-refractivity contribution >= 4 is 16.7 Å². The van der Waals surface area contributed by atoms with Crippen molar-refractivity contribution in [1.82, 2.24) is 9.97 Å². The molecule has 0 spiro atoms. The van der Waals surface area contributed by atoms with Crippen molar-refractivity contribution in [3.8, 4) is 0 Å². The van der Waals surface area contributed by atoms with E-state index in [9.17, 15) is 4.79 Å². The largest absolute Gasteiger partial charge is 0.299 e. The molecule has 0 aliphatic rings. The molecule has 3 rings (SSSR count). The summed E-state index contributed by atoms with van der Waals surface area (Å²) in [6, 6.07) is 15.8. The number of fused-ring (bicyclic) bond motifs is 1. The molecule has 0 atom stereocenters. The van der Waals surface area contributed by atoms with E-state index in [0.29, 0.717) is 12.8 Å². The Kier molecular flexibility index (Phi) is 4.01. The third-order valence-corrected chi connectivity index (χ3v) is 3.48. The number of para-hydroxylation sites is 1. The Morgan fingerprint density at radius 3 is 2.62 bits per heavy atom. The maximum atomic E-state index is 12.1. The number of hydrogen-bond donors (Lipinski definition) is 0. The second-order valence-corrected chi connectivity index (χ2v) is 5.07. The van der Waals surface area contributed by atoms with Gasteiger partial charge in [-0.15, -0.1) is 0 Å². The predicted octanol–water partition coefficient (Wildman–Crippen LogP) is 3.37. The molecule has 0 N–H and O–H groups in total. The molecule has 0 aliphatic heterocycles. The summed E-state index contributed by atoms with van der Waals surface area (Å²) in [5.74, 6) is 0.217. The van der Waals surface area contributed by atoms with Crippen molar-refractivity contribution in [2.45, 2.75) is 19.3 Å². The number of carbonyl (C=O) groups is 1. The summed E-state index contributed by atoms with van der Waals surface area (Å²) >= 11 is 0. The Morgan fingerprint density at radius 2 is 1.76 bits per heavy atom. The normalized spacial score (nSPS) is 10.7. The number of pyridine rings is 2. The van der Waals surface area contributed by atoms with Crippen LogP contribution < -0.4 is 0 Å². The lowest BCUT2D eigenvalue weighted by Gasteiger charge is -2.03. The minimum atomic E-state index is 0.217. The summed E-state index contributed by atoms with van der Waals surface area (Å²) < 4.78 is 0. The van der Waals surface area contributed by atoms with Gasteiger partial charge in [0.25, 0.3) is 0 Å². The number of aromatic nitrogens is 2. The molecule has 1 aromatic carbocycles. The zero-order valence-corrected chi connectivity index (χ0v) is 11.7. The maximum Gasteiger partial charge on any atom is 0.139 e. The van der Waals surface area contributed by atoms with E-state index in [4.69, 9.17) is 0 Å². The summed E-state index contributed by atoms with van der Waals surface area (Å²) in [7, 11) is 0. The van der Waals surface area contributed by atoms with Gasteiger partial charge >= 0.3 is 0 Å². The fraction of sp³-hybridized carbons (Fsp3) is 0.167. The monoisotopic (exact) mass is 276 g/mol. The highest BCUT2D eigenvalue weighted by Crippen LogP contribution is 2.13. The number of hydrogen-bond acceptors (Lipinski definition) is 3. The van der Waals surface area contributed by atoms with Crippen LogP contribution in [0.2, 0.25) is 0 Å². The molecule has 0 bridgehead atoms. The molecule has 0 saturated carbocycles. The van der Waals surface area contributed by atoms with Crippen molar-refractivity contribution in [1.29, 1.82) is 0 Å². The van der Waals surface area contributed by atoms with Crippen molar-refractivity contribution in [3.05, 3.63) is 72.2 Å². The van der Waals surface area contributed by atoms with E-state index in [1.54, 1.807) is 12.4 Å². The van der Waals surface area contributed by atoms with Crippen LogP contribution in [0.4, 0.5) is 0 Å². The summed E-state index contributed by atoms with van der Waals surface area (Å²) in [4.78, 5) is 20.6. The smallest absolute Gasteiger partial charge is 0.139 e. The molecule has 3 heteroatoms. The van der Waals surface area contributed by atoms with Gasteiger partial charge in [0.15, 0.2) is 0 Å². The number of Topliss-reactive ketones (excluding diaryl/α,β-unsaturated/α-hetero) is 1. The number of carbonyl (C=O) groups excluding carboxylic acids is 1. The number of benzene rings is 1. The van der Waals surface area contributed by atoms with E-state index in [2.05, 4.69) is 9.97 Å². The Morgan fingerprint density at radius 1 is 0.952 bits per heavy atom. The lowest BCUT2D eigenvalue weighted by molar-refractivity contribution is -0.118. The first-order valence-corrected chi connectivity index (χ1v) is 7.06. The van der Waals surface area contributed by atoms with Crippen LogP contribution in [0, 0.1) is 0 Å². The Hall–Kier alpha value is -2.55. The summed E-state index contributed by atoms with van der Waals surface area (Å²) in [5, 5.41) is 1.10. The Bertz CT molecular complexity index is 753. The van der Waals surface area contributed by atoms with Crippen LogP contribution in [0.5, 0.6) is 0 Å². The second-order valence-electron chi connectivity index (χ2n) is 5.07. The molecular formula is C18H16N2O. The van der Waals surface area contributed by atoms with Gasteiger partial charge in [-0.1, -0.05) is 24.3 Å². The molecular weight excluding hydrogens is 260 g/mol. The van der Waals surface area contributed by atoms with E-state index < -0.39 is 0 Å². The Balaban J connectivity index is 1.63. The minimum Gasteiger partial charge on any atom is -0.299 e. The number of ketones is 1. The Labute approximate surface area is 123 Å². The van der Waals surface area contributed by atoms with Gasteiger partial charge in [-0.2, -0.15) is 0 Å². The molecule has 104 valence electrons. The molecule has 0 unspecified atom stereocenters. The average molecular weight is 276 g/mol. The highest BCUT2D eigenvalue weighted by molar-refractivity contribution is 5.82. The zero-order valence-electron chi connectivity index (χ0n) is 11.7. The first-order chi connectivity index (χ1) is 10.3. The van der Waals surface area contributed by atoms with Gasteiger partial charge < -0.3 is 0 Å². The summed E-state index contributed by atoms with van der Waals surface area (Å²) in [6.45, 7) is 0. The van der Waals surface area contributed by atoms with Crippen LogP contribution in [0.3, 0.4) is 0 Å². The first-order valence-electron chi connectivity index (χ1n) is 7.06. The predicted molar refractivity (Wildman–Crippen MR) is 83.0 cm³/mol. The van der Waals surface area contributed by atoms with Crippen LogP contribution in [0.15, 0.2) is 60.9 Å². The number of rotatable bonds is 5. The zero-order chi connectivity index (χ0) is 14.5. The van der Waals surface area contributed by atoms with Crippen LogP contribution in [0.1, 0.15) is 17.7 Å². The second kappa shape index (κ2) is 6.27. The average Bonchev–Trinajstić information content (AvgIpc) is 2.54. The third-order valence-electron chi connectivity index (χ3n) is 3.48. The standard InChI is InChI=1S/C18H16N2O/c21-17(8-5-14-9-11-19-12-10-14)13-16-7-6-15-3-1-2-4-18(15)20-16/h1-4,6-7,9-12H,5,8,13H2. The molecule has 0 radical (unpaired) electrons. The SMILES string of the molecule is O=C(CCc1ccncc1)Cc1ccc2ccccc2n1. The fourth-order valence-electron chi connectivity index (χ4n) is 2.33. The third kappa shape index (κ3) is 3.51. The van der Waals surface area contributed by atoms with Gasteiger partial charge in [0.05, 0.1) is 5.52 Å². The molecule has 0 saturated heterocycles. The molecule has 2 aromatic heterocycles. The lowest BCUT2D eigenvalue weighted by atomic mass is 10.1. The van der Waals surface area contributed by atoms with Gasteiger partial charge in [0, 0.05) is 36.3 Å². The maximum absolute atomic E-state index is 12.1. The molecule has 21 heavy (non-hydrogen) atoms.